The van der Waals surface area contributed by atoms with Gasteiger partial charge in [-0.2, -0.15) is 0 Å². The zero-order valence-corrected chi connectivity index (χ0v) is 30.9. The molecule has 8 aromatic carbocycles. The van der Waals surface area contributed by atoms with Crippen molar-refractivity contribution >= 4 is 65.6 Å². The number of nitrogens with zero attached hydrogens (tertiary/aromatic N) is 2. The Balaban J connectivity index is 1.09. The van der Waals surface area contributed by atoms with E-state index in [1.165, 1.54) is 43.7 Å². The molecule has 0 saturated carbocycles. The number of hydrogen-bond acceptors (Lipinski definition) is 4. The molecule has 6 heteroatoms. The smallest absolute Gasteiger partial charge is 0.137 e. The number of furan rings is 1. The summed E-state index contributed by atoms with van der Waals surface area (Å²) in [5.41, 5.74) is 12.2. The summed E-state index contributed by atoms with van der Waals surface area (Å²) in [4.78, 5) is 0. The van der Waals surface area contributed by atoms with Crippen LogP contribution in [0.4, 0.5) is 0 Å². The van der Waals surface area contributed by atoms with Gasteiger partial charge in [0.05, 0.1) is 46.0 Å². The van der Waals surface area contributed by atoms with Crippen LogP contribution in [-0.2, 0) is 0 Å². The number of hydrogen-bond donors (Lipinski definition) is 3. The van der Waals surface area contributed by atoms with E-state index in [1.54, 1.807) is 0 Å². The molecule has 272 valence electrons. The molecule has 1 aliphatic rings. The Morgan fingerprint density at radius 3 is 1.53 bits per heavy atom. The molecule has 3 N–H and O–H groups in total. The molecule has 0 spiro atoms. The van der Waals surface area contributed by atoms with E-state index in [2.05, 4.69) is 207 Å². The number of rotatable bonds is 5. The highest BCUT2D eigenvalue weighted by atomic mass is 16.3. The van der Waals surface area contributed by atoms with Gasteiger partial charge in [0.1, 0.15) is 11.2 Å². The van der Waals surface area contributed by atoms with Crippen LogP contribution in [0.3, 0.4) is 0 Å². The van der Waals surface area contributed by atoms with Crippen molar-refractivity contribution in [2.75, 3.05) is 0 Å². The zero-order valence-electron chi connectivity index (χ0n) is 30.9. The van der Waals surface area contributed by atoms with Gasteiger partial charge in [-0.15, -0.1) is 0 Å². The Morgan fingerprint density at radius 1 is 0.333 bits per heavy atom. The molecule has 0 amide bonds. The molecule has 2 unspecified atom stereocenters. The Kier molecular flexibility index (Phi) is 7.25. The maximum Gasteiger partial charge on any atom is 0.137 e. The Labute approximate surface area is 328 Å². The van der Waals surface area contributed by atoms with Gasteiger partial charge in [-0.3, -0.25) is 16.0 Å². The minimum Gasteiger partial charge on any atom is -0.456 e. The van der Waals surface area contributed by atoms with Crippen molar-refractivity contribution in [1.82, 2.24) is 25.1 Å². The molecule has 0 aliphatic carbocycles. The lowest BCUT2D eigenvalue weighted by atomic mass is 10.0. The van der Waals surface area contributed by atoms with Gasteiger partial charge in [-0.1, -0.05) is 133 Å². The highest BCUT2D eigenvalue weighted by Gasteiger charge is 2.30. The summed E-state index contributed by atoms with van der Waals surface area (Å²) < 4.78 is 11.4. The lowest BCUT2D eigenvalue weighted by molar-refractivity contribution is 0.203. The lowest BCUT2D eigenvalue weighted by Crippen LogP contribution is -2.54. The molecule has 1 aliphatic heterocycles. The number of para-hydroxylation sites is 3. The Hall–Kier alpha value is -6.96. The minimum atomic E-state index is -0.0976. The molecule has 57 heavy (non-hydrogen) atoms. The number of aromatic nitrogens is 2. The van der Waals surface area contributed by atoms with Crippen LogP contribution in [0.25, 0.3) is 76.9 Å². The van der Waals surface area contributed by atoms with Gasteiger partial charge in [-0.05, 0) is 71.3 Å². The molecule has 0 bridgehead atoms. The van der Waals surface area contributed by atoms with Gasteiger partial charge in [-0.25, -0.2) is 0 Å². The maximum atomic E-state index is 6.53. The quantitative estimate of drug-likeness (QED) is 0.165. The predicted octanol–water partition coefficient (Wildman–Crippen LogP) is 12.0. The molecule has 12 rings (SSSR count). The van der Waals surface area contributed by atoms with Crippen LogP contribution in [0.5, 0.6) is 0 Å². The van der Waals surface area contributed by atoms with Gasteiger partial charge >= 0.3 is 0 Å². The maximum absolute atomic E-state index is 6.53. The van der Waals surface area contributed by atoms with Crippen LogP contribution < -0.4 is 16.0 Å². The van der Waals surface area contributed by atoms with E-state index < -0.39 is 0 Å². The van der Waals surface area contributed by atoms with Gasteiger partial charge in [0.2, 0.25) is 0 Å². The summed E-state index contributed by atoms with van der Waals surface area (Å²) in [6.45, 7) is 0. The molecule has 6 nitrogen and oxygen atoms in total. The van der Waals surface area contributed by atoms with E-state index in [-0.39, 0.29) is 18.5 Å². The second kappa shape index (κ2) is 12.8. The average Bonchev–Trinajstić information content (AvgIpc) is 3.95. The van der Waals surface area contributed by atoms with E-state index in [0.29, 0.717) is 0 Å². The summed E-state index contributed by atoms with van der Waals surface area (Å²) in [7, 11) is 0. The van der Waals surface area contributed by atoms with Crippen LogP contribution >= 0.6 is 0 Å². The van der Waals surface area contributed by atoms with E-state index in [1.807, 2.05) is 6.07 Å². The largest absolute Gasteiger partial charge is 0.456 e. The van der Waals surface area contributed by atoms with Gasteiger partial charge < -0.3 is 13.6 Å². The van der Waals surface area contributed by atoms with E-state index in [0.717, 1.165) is 49.9 Å². The number of fused-ring (bicyclic) bond motifs is 11. The summed E-state index contributed by atoms with van der Waals surface area (Å²) >= 11 is 0. The normalized spacial score (nSPS) is 17.4. The fourth-order valence-electron chi connectivity index (χ4n) is 9.29. The fourth-order valence-corrected chi connectivity index (χ4v) is 9.29. The van der Waals surface area contributed by atoms with Crippen molar-refractivity contribution in [3.05, 3.63) is 205 Å². The first-order valence-corrected chi connectivity index (χ1v) is 19.6. The first kappa shape index (κ1) is 32.3. The molecule has 0 radical (unpaired) electrons. The van der Waals surface area contributed by atoms with Gasteiger partial charge in [0, 0.05) is 38.3 Å². The van der Waals surface area contributed by atoms with E-state index in [9.17, 15) is 0 Å². The Bertz CT molecular complexity index is 3230. The van der Waals surface area contributed by atoms with Crippen molar-refractivity contribution in [3.63, 3.8) is 0 Å². The summed E-state index contributed by atoms with van der Waals surface area (Å²) in [5.74, 6) is 0. The van der Waals surface area contributed by atoms with Crippen LogP contribution in [0.1, 0.15) is 35.2 Å². The van der Waals surface area contributed by atoms with Crippen molar-refractivity contribution in [3.8, 4) is 11.4 Å². The average molecular weight is 736 g/mol. The summed E-state index contributed by atoms with van der Waals surface area (Å²) in [5, 5.41) is 18.6. The van der Waals surface area contributed by atoms with Crippen LogP contribution in [-0.4, -0.2) is 9.13 Å². The molecular formula is C51H37N5O. The molecule has 1 saturated heterocycles. The van der Waals surface area contributed by atoms with Crippen molar-refractivity contribution in [2.24, 2.45) is 0 Å². The first-order chi connectivity index (χ1) is 28.3. The third kappa shape index (κ3) is 5.02. The van der Waals surface area contributed by atoms with Crippen molar-refractivity contribution in [1.29, 1.82) is 0 Å². The summed E-state index contributed by atoms with van der Waals surface area (Å²) in [6.07, 6.45) is -0.179. The highest BCUT2D eigenvalue weighted by molar-refractivity contribution is 6.31. The van der Waals surface area contributed by atoms with Gasteiger partial charge in [0.15, 0.2) is 0 Å². The molecule has 11 aromatic rings. The molecule has 3 aromatic heterocycles. The van der Waals surface area contributed by atoms with E-state index >= 15 is 0 Å². The second-order valence-electron chi connectivity index (χ2n) is 15.0. The lowest BCUT2D eigenvalue weighted by Gasteiger charge is -2.39. The van der Waals surface area contributed by atoms with Crippen LogP contribution in [0.2, 0.25) is 0 Å². The zero-order chi connectivity index (χ0) is 37.5. The van der Waals surface area contributed by atoms with Crippen LogP contribution in [0, 0.1) is 0 Å². The monoisotopic (exact) mass is 735 g/mol. The number of nitrogens with one attached hydrogen (secondary N) is 3. The molecular weight excluding hydrogens is 699 g/mol. The molecule has 2 atom stereocenters. The van der Waals surface area contributed by atoms with Crippen molar-refractivity contribution in [2.45, 2.75) is 18.5 Å². The Morgan fingerprint density at radius 2 is 0.842 bits per heavy atom. The SMILES string of the molecule is c1ccc(C2NC(c3ccccc3)NC(c3ccc(-n4c5ccc6c7ccccc7n(-c7ccccc7)c6c5c5ccc6oc7ccccc7c6c54)cc3)N2)cc1. The first-order valence-electron chi connectivity index (χ1n) is 19.6. The summed E-state index contributed by atoms with van der Waals surface area (Å²) in [6, 6.07) is 67.2. The van der Waals surface area contributed by atoms with Crippen LogP contribution in [0.15, 0.2) is 192 Å². The molecule has 1 fully saturated rings. The fraction of sp³-hybridized carbons (Fsp3) is 0.0588. The third-order valence-electron chi connectivity index (χ3n) is 11.8. The van der Waals surface area contributed by atoms with Gasteiger partial charge in [0.25, 0.3) is 0 Å². The standard InChI is InChI=1S/C51H37N5O/c1-4-14-32(15-5-1)49-52-50(33-16-6-2-7-17-33)54-51(53-49)34-24-26-36(27-25-34)56-42-30-28-38-37-20-10-12-22-41(37)55(35-18-8-3-9-19-35)47(38)45(42)40-29-31-44-46(48(40)56)39-21-11-13-23-43(39)57-44/h1-31,49-54H. The topological polar surface area (TPSA) is 59.1 Å². The second-order valence-corrected chi connectivity index (χ2v) is 15.0. The molecule has 4 heterocycles. The van der Waals surface area contributed by atoms with E-state index in [4.69, 9.17) is 4.42 Å². The minimum absolute atomic E-state index is 0.0406. The van der Waals surface area contributed by atoms with Crippen molar-refractivity contribution < 1.29 is 4.42 Å². The third-order valence-corrected chi connectivity index (χ3v) is 11.8. The number of benzene rings is 8. The highest BCUT2D eigenvalue weighted by Crippen LogP contribution is 2.45. The predicted molar refractivity (Wildman–Crippen MR) is 233 cm³/mol.